The van der Waals surface area contributed by atoms with Gasteiger partial charge in [-0.25, -0.2) is 0 Å². The van der Waals surface area contributed by atoms with E-state index in [0.717, 1.165) is 31.9 Å². The van der Waals surface area contributed by atoms with Gasteiger partial charge in [-0.15, -0.1) is 11.8 Å². The van der Waals surface area contributed by atoms with E-state index in [4.69, 9.17) is 4.74 Å². The summed E-state index contributed by atoms with van der Waals surface area (Å²) < 4.78 is 5.05. The van der Waals surface area contributed by atoms with Crippen molar-refractivity contribution in [1.29, 1.82) is 0 Å². The monoisotopic (exact) mass is 253 g/mol. The Labute approximate surface area is 109 Å². The minimum absolute atomic E-state index is 0.852. The molecule has 0 atom stereocenters. The van der Waals surface area contributed by atoms with E-state index >= 15 is 0 Å². The molecule has 0 amide bonds. The number of hydrogen-bond donors (Lipinski definition) is 1. The lowest BCUT2D eigenvalue weighted by molar-refractivity contribution is 0.200. The highest BCUT2D eigenvalue weighted by atomic mass is 32.2. The van der Waals surface area contributed by atoms with Crippen LogP contribution in [0.1, 0.15) is 25.3 Å². The fraction of sp³-hybridized carbons (Fsp3) is 0.571. The molecule has 0 aromatic heterocycles. The first kappa shape index (κ1) is 14.6. The predicted octanol–water partition coefficient (Wildman–Crippen LogP) is 3.31. The summed E-state index contributed by atoms with van der Waals surface area (Å²) in [4.78, 5) is 1.36. The van der Waals surface area contributed by atoms with Crippen molar-refractivity contribution in [3.05, 3.63) is 29.8 Å². The van der Waals surface area contributed by atoms with E-state index < -0.39 is 0 Å². The smallest absolute Gasteiger partial charge is 0.0470 e. The van der Waals surface area contributed by atoms with Crippen LogP contribution in [0.4, 0.5) is 0 Å². The highest BCUT2D eigenvalue weighted by Crippen LogP contribution is 2.19. The van der Waals surface area contributed by atoms with Crippen molar-refractivity contribution in [1.82, 2.24) is 5.32 Å². The lowest BCUT2D eigenvalue weighted by Gasteiger charge is -2.06. The number of benzene rings is 1. The summed E-state index contributed by atoms with van der Waals surface area (Å²) in [5, 5.41) is 3.43. The Morgan fingerprint density at radius 1 is 1.35 bits per heavy atom. The number of methoxy groups -OCH3 is 1. The number of nitrogens with one attached hydrogen (secondary N) is 1. The molecule has 0 aliphatic rings. The van der Waals surface area contributed by atoms with Crippen molar-refractivity contribution in [2.45, 2.75) is 31.2 Å². The predicted molar refractivity (Wildman–Crippen MR) is 75.7 cm³/mol. The lowest BCUT2D eigenvalue weighted by Crippen LogP contribution is -2.13. The summed E-state index contributed by atoms with van der Waals surface area (Å²) in [6.45, 7) is 5.10. The molecule has 96 valence electrons. The lowest BCUT2D eigenvalue weighted by atomic mass is 10.2. The van der Waals surface area contributed by atoms with Gasteiger partial charge in [0, 0.05) is 30.9 Å². The molecule has 2 nitrogen and oxygen atoms in total. The van der Waals surface area contributed by atoms with Crippen molar-refractivity contribution in [2.24, 2.45) is 0 Å². The summed E-state index contributed by atoms with van der Waals surface area (Å²) in [6, 6.07) is 8.78. The van der Waals surface area contributed by atoms with E-state index in [1.807, 2.05) is 11.8 Å². The molecule has 1 aromatic rings. The first-order valence-electron chi connectivity index (χ1n) is 6.28. The minimum atomic E-state index is 0.852. The summed E-state index contributed by atoms with van der Waals surface area (Å²) in [5.41, 5.74) is 1.37. The van der Waals surface area contributed by atoms with Gasteiger partial charge in [0.1, 0.15) is 0 Å². The van der Waals surface area contributed by atoms with Gasteiger partial charge in [0.2, 0.25) is 0 Å². The van der Waals surface area contributed by atoms with Crippen LogP contribution in [0.5, 0.6) is 0 Å². The Kier molecular flexibility index (Phi) is 8.14. The number of ether oxygens (including phenoxy) is 1. The second-order valence-corrected chi connectivity index (χ2v) is 5.19. The molecule has 0 spiro atoms. The zero-order valence-corrected chi connectivity index (χ0v) is 11.7. The fourth-order valence-corrected chi connectivity index (χ4v) is 2.46. The molecule has 0 aliphatic heterocycles. The molecule has 0 saturated carbocycles. The molecule has 0 unspecified atom stereocenters. The Balaban J connectivity index is 2.31. The van der Waals surface area contributed by atoms with E-state index in [2.05, 4.69) is 36.5 Å². The van der Waals surface area contributed by atoms with E-state index in [0.29, 0.717) is 0 Å². The molecule has 0 radical (unpaired) electrons. The second-order valence-electron chi connectivity index (χ2n) is 4.02. The number of hydrogen-bond acceptors (Lipinski definition) is 3. The average Bonchev–Trinajstić information content (AvgIpc) is 2.36. The Morgan fingerprint density at radius 2 is 2.24 bits per heavy atom. The normalized spacial score (nSPS) is 10.7. The molecule has 17 heavy (non-hydrogen) atoms. The maximum atomic E-state index is 5.05. The van der Waals surface area contributed by atoms with Gasteiger partial charge in [0.05, 0.1) is 0 Å². The van der Waals surface area contributed by atoms with Crippen LogP contribution < -0.4 is 5.32 Å². The minimum Gasteiger partial charge on any atom is -0.385 e. The summed E-state index contributed by atoms with van der Waals surface area (Å²) in [6.07, 6.45) is 2.30. The topological polar surface area (TPSA) is 21.3 Å². The number of rotatable bonds is 9. The third kappa shape index (κ3) is 6.71. The van der Waals surface area contributed by atoms with Crippen LogP contribution in [0.2, 0.25) is 0 Å². The first-order chi connectivity index (χ1) is 8.36. The number of thioether (sulfide) groups is 1. The summed E-state index contributed by atoms with van der Waals surface area (Å²) in [7, 11) is 1.75. The molecule has 1 aromatic carbocycles. The molecule has 0 fully saturated rings. The quantitative estimate of drug-likeness (QED) is 0.539. The van der Waals surface area contributed by atoms with Gasteiger partial charge >= 0.3 is 0 Å². The highest BCUT2D eigenvalue weighted by Gasteiger charge is 1.97. The molecular formula is C14H23NOS. The fourth-order valence-electron chi connectivity index (χ4n) is 1.55. The highest BCUT2D eigenvalue weighted by molar-refractivity contribution is 7.99. The zero-order chi connectivity index (χ0) is 12.3. The zero-order valence-electron chi connectivity index (χ0n) is 10.9. The molecular weight excluding hydrogens is 230 g/mol. The van der Waals surface area contributed by atoms with Gasteiger partial charge in [-0.1, -0.05) is 19.1 Å². The van der Waals surface area contributed by atoms with E-state index in [-0.39, 0.29) is 0 Å². The van der Waals surface area contributed by atoms with Crippen molar-refractivity contribution in [3.63, 3.8) is 0 Å². The molecule has 0 bridgehead atoms. The van der Waals surface area contributed by atoms with Crippen LogP contribution in [0, 0.1) is 0 Å². The van der Waals surface area contributed by atoms with Crippen molar-refractivity contribution < 1.29 is 4.74 Å². The Hall–Kier alpha value is -0.510. The van der Waals surface area contributed by atoms with Gasteiger partial charge in [-0.05, 0) is 37.1 Å². The van der Waals surface area contributed by atoms with Crippen LogP contribution in [0.15, 0.2) is 29.2 Å². The SMILES string of the molecule is CCCNCc1cccc(SCCCOC)c1. The molecule has 1 N–H and O–H groups in total. The third-order valence-electron chi connectivity index (χ3n) is 2.42. The second kappa shape index (κ2) is 9.51. The maximum absolute atomic E-state index is 5.05. The van der Waals surface area contributed by atoms with E-state index in [1.54, 1.807) is 7.11 Å². The molecule has 3 heteroatoms. The van der Waals surface area contributed by atoms with Crippen LogP contribution in [-0.2, 0) is 11.3 Å². The van der Waals surface area contributed by atoms with Crippen LogP contribution in [-0.4, -0.2) is 26.0 Å². The van der Waals surface area contributed by atoms with E-state index in [9.17, 15) is 0 Å². The molecule has 0 saturated heterocycles. The van der Waals surface area contributed by atoms with Gasteiger partial charge < -0.3 is 10.1 Å². The summed E-state index contributed by atoms with van der Waals surface area (Å²) in [5.74, 6) is 1.12. The standard InChI is InChI=1S/C14H23NOS/c1-3-8-15-12-13-6-4-7-14(11-13)17-10-5-9-16-2/h4,6-7,11,15H,3,5,8-10,12H2,1-2H3. The van der Waals surface area contributed by atoms with Crippen molar-refractivity contribution in [3.8, 4) is 0 Å². The first-order valence-corrected chi connectivity index (χ1v) is 7.26. The van der Waals surface area contributed by atoms with Crippen LogP contribution >= 0.6 is 11.8 Å². The molecule has 1 rings (SSSR count). The molecule has 0 heterocycles. The van der Waals surface area contributed by atoms with E-state index in [1.165, 1.54) is 16.9 Å². The van der Waals surface area contributed by atoms with Gasteiger partial charge in [0.25, 0.3) is 0 Å². The van der Waals surface area contributed by atoms with Crippen molar-refractivity contribution >= 4 is 11.8 Å². The van der Waals surface area contributed by atoms with Crippen LogP contribution in [0.25, 0.3) is 0 Å². The molecule has 0 aliphatic carbocycles. The maximum Gasteiger partial charge on any atom is 0.0470 e. The largest absolute Gasteiger partial charge is 0.385 e. The van der Waals surface area contributed by atoms with Gasteiger partial charge in [-0.3, -0.25) is 0 Å². The van der Waals surface area contributed by atoms with Gasteiger partial charge in [0.15, 0.2) is 0 Å². The third-order valence-corrected chi connectivity index (χ3v) is 3.50. The average molecular weight is 253 g/mol. The Bertz CT molecular complexity index is 304. The van der Waals surface area contributed by atoms with Crippen molar-refractivity contribution in [2.75, 3.05) is 26.0 Å². The summed E-state index contributed by atoms with van der Waals surface area (Å²) >= 11 is 1.91. The Morgan fingerprint density at radius 3 is 3.00 bits per heavy atom. The van der Waals surface area contributed by atoms with Crippen LogP contribution in [0.3, 0.4) is 0 Å². The van der Waals surface area contributed by atoms with Gasteiger partial charge in [-0.2, -0.15) is 0 Å².